The minimum absolute atomic E-state index is 0.195. The predicted octanol–water partition coefficient (Wildman–Crippen LogP) is 3.63. The molecule has 5 nitrogen and oxygen atoms in total. The molecule has 0 N–H and O–H groups in total. The second kappa shape index (κ2) is 4.74. The zero-order chi connectivity index (χ0) is 16.5. The number of aromatic nitrogens is 2. The van der Waals surface area contributed by atoms with Crippen molar-refractivity contribution in [2.45, 2.75) is 57.9 Å². The number of hydrogen-bond donors (Lipinski definition) is 0. The first-order valence-corrected chi connectivity index (χ1v) is 8.99. The van der Waals surface area contributed by atoms with E-state index in [0.29, 0.717) is 12.4 Å². The van der Waals surface area contributed by atoms with Gasteiger partial charge in [-0.3, -0.25) is 4.68 Å². The summed E-state index contributed by atoms with van der Waals surface area (Å²) in [4.78, 5) is 12.2. The normalized spacial score (nSPS) is 19.9. The fraction of sp³-hybridized carbons (Fsp3) is 0.579. The van der Waals surface area contributed by atoms with E-state index in [1.807, 2.05) is 13.8 Å². The smallest absolute Gasteiger partial charge is 0.374 e. The van der Waals surface area contributed by atoms with Gasteiger partial charge in [0.2, 0.25) is 5.76 Å². The van der Waals surface area contributed by atoms with E-state index in [-0.39, 0.29) is 11.4 Å². The highest BCUT2D eigenvalue weighted by Crippen LogP contribution is 2.58. The molecule has 0 amide bonds. The van der Waals surface area contributed by atoms with Crippen LogP contribution in [0.1, 0.15) is 60.0 Å². The Morgan fingerprint density at radius 1 is 1.46 bits per heavy atom. The Kier molecular flexibility index (Phi) is 2.83. The van der Waals surface area contributed by atoms with Crippen LogP contribution in [0.4, 0.5) is 0 Å². The van der Waals surface area contributed by atoms with Crippen molar-refractivity contribution in [2.75, 3.05) is 6.61 Å². The van der Waals surface area contributed by atoms with Crippen LogP contribution in [0, 0.1) is 12.8 Å². The zero-order valence-electron chi connectivity index (χ0n) is 14.2. The SMILES string of the molecule is CCOC(=O)c1oc2c(c1C)-c1nn(CC3CC3)cc1C1(CC1)C2. The molecule has 2 saturated carbocycles. The molecule has 0 saturated heterocycles. The average molecular weight is 326 g/mol. The summed E-state index contributed by atoms with van der Waals surface area (Å²) in [6.07, 6.45) is 8.13. The number of rotatable bonds is 4. The van der Waals surface area contributed by atoms with Crippen molar-refractivity contribution >= 4 is 5.97 Å². The van der Waals surface area contributed by atoms with Crippen LogP contribution in [-0.2, 0) is 23.1 Å². The van der Waals surface area contributed by atoms with Crippen LogP contribution in [0.15, 0.2) is 10.6 Å². The maximum atomic E-state index is 12.2. The summed E-state index contributed by atoms with van der Waals surface area (Å²) in [5.41, 5.74) is 4.48. The lowest BCUT2D eigenvalue weighted by atomic mass is 9.82. The monoisotopic (exact) mass is 326 g/mol. The first-order valence-electron chi connectivity index (χ1n) is 8.99. The third-order valence-corrected chi connectivity index (χ3v) is 5.75. The minimum Gasteiger partial charge on any atom is -0.460 e. The molecule has 2 heterocycles. The number of carbonyl (C=O) groups is 1. The second-order valence-corrected chi connectivity index (χ2v) is 7.59. The van der Waals surface area contributed by atoms with Crippen LogP contribution in [0.3, 0.4) is 0 Å². The van der Waals surface area contributed by atoms with Crippen LogP contribution in [-0.4, -0.2) is 22.4 Å². The van der Waals surface area contributed by atoms with Crippen molar-refractivity contribution < 1.29 is 13.9 Å². The maximum absolute atomic E-state index is 12.2. The molecule has 24 heavy (non-hydrogen) atoms. The predicted molar refractivity (Wildman–Crippen MR) is 88.0 cm³/mol. The largest absolute Gasteiger partial charge is 0.460 e. The highest BCUT2D eigenvalue weighted by molar-refractivity contribution is 5.92. The summed E-state index contributed by atoms with van der Waals surface area (Å²) in [5.74, 6) is 1.69. The van der Waals surface area contributed by atoms with Gasteiger partial charge >= 0.3 is 5.97 Å². The van der Waals surface area contributed by atoms with E-state index >= 15 is 0 Å². The first kappa shape index (κ1) is 14.3. The van der Waals surface area contributed by atoms with E-state index in [1.165, 1.54) is 31.2 Å². The van der Waals surface area contributed by atoms with Crippen LogP contribution in [0.2, 0.25) is 0 Å². The number of carbonyl (C=O) groups excluding carboxylic acids is 1. The lowest BCUT2D eigenvalue weighted by Gasteiger charge is -2.19. The molecule has 0 bridgehead atoms. The van der Waals surface area contributed by atoms with Crippen LogP contribution in [0.5, 0.6) is 0 Å². The quantitative estimate of drug-likeness (QED) is 0.805. The molecule has 1 spiro atoms. The zero-order valence-corrected chi connectivity index (χ0v) is 14.2. The molecular weight excluding hydrogens is 304 g/mol. The molecule has 0 aliphatic heterocycles. The molecule has 5 rings (SSSR count). The Hall–Kier alpha value is -2.04. The van der Waals surface area contributed by atoms with Crippen molar-refractivity contribution in [3.63, 3.8) is 0 Å². The molecule has 2 aromatic heterocycles. The van der Waals surface area contributed by atoms with Gasteiger partial charge in [-0.05, 0) is 45.4 Å². The summed E-state index contributed by atoms with van der Waals surface area (Å²) in [5, 5.41) is 4.89. The third kappa shape index (κ3) is 2.00. The van der Waals surface area contributed by atoms with Crippen LogP contribution in [0.25, 0.3) is 11.3 Å². The van der Waals surface area contributed by atoms with Gasteiger partial charge in [-0.15, -0.1) is 0 Å². The standard InChI is InChI=1S/C19H22N2O3/c1-3-23-18(22)17-11(2)15-14(24-17)8-19(6-7-19)13-10-21(20-16(13)15)9-12-4-5-12/h10,12H,3-9H2,1-2H3. The van der Waals surface area contributed by atoms with Crippen molar-refractivity contribution in [3.05, 3.63) is 28.8 Å². The molecule has 0 atom stereocenters. The Balaban J connectivity index is 1.61. The molecule has 0 radical (unpaired) electrons. The Morgan fingerprint density at radius 3 is 2.92 bits per heavy atom. The van der Waals surface area contributed by atoms with Gasteiger partial charge < -0.3 is 9.15 Å². The fourth-order valence-corrected chi connectivity index (χ4v) is 4.05. The lowest BCUT2D eigenvalue weighted by Crippen LogP contribution is -2.15. The van der Waals surface area contributed by atoms with E-state index in [4.69, 9.17) is 14.3 Å². The van der Waals surface area contributed by atoms with Gasteiger partial charge in [-0.1, -0.05) is 0 Å². The lowest BCUT2D eigenvalue weighted by molar-refractivity contribution is 0.0486. The molecule has 5 heteroatoms. The number of hydrogen-bond acceptors (Lipinski definition) is 4. The van der Waals surface area contributed by atoms with Gasteiger partial charge in [0, 0.05) is 41.3 Å². The van der Waals surface area contributed by atoms with Crippen LogP contribution >= 0.6 is 0 Å². The minimum atomic E-state index is -0.367. The van der Waals surface area contributed by atoms with Crippen molar-refractivity contribution in [1.29, 1.82) is 0 Å². The van der Waals surface area contributed by atoms with Crippen molar-refractivity contribution in [3.8, 4) is 11.3 Å². The van der Waals surface area contributed by atoms with E-state index in [0.717, 1.165) is 41.5 Å². The summed E-state index contributed by atoms with van der Waals surface area (Å²) in [6.45, 7) is 5.13. The van der Waals surface area contributed by atoms with Gasteiger partial charge in [-0.2, -0.15) is 5.10 Å². The number of fused-ring (bicyclic) bond motifs is 4. The topological polar surface area (TPSA) is 57.3 Å². The number of esters is 1. The van der Waals surface area contributed by atoms with Gasteiger partial charge in [0.05, 0.1) is 12.3 Å². The number of nitrogens with zero attached hydrogens (tertiary/aromatic N) is 2. The number of furan rings is 1. The van der Waals surface area contributed by atoms with Gasteiger partial charge in [-0.25, -0.2) is 4.79 Å². The average Bonchev–Trinajstić information content (AvgIpc) is 3.43. The molecule has 3 aliphatic rings. The van der Waals surface area contributed by atoms with Gasteiger partial charge in [0.1, 0.15) is 5.76 Å². The van der Waals surface area contributed by atoms with E-state index < -0.39 is 0 Å². The Labute approximate surface area is 141 Å². The Morgan fingerprint density at radius 2 is 2.25 bits per heavy atom. The molecule has 2 aromatic rings. The molecule has 126 valence electrons. The summed E-state index contributed by atoms with van der Waals surface area (Å²) < 4.78 is 13.2. The molecule has 0 unspecified atom stereocenters. The third-order valence-electron chi connectivity index (χ3n) is 5.75. The van der Waals surface area contributed by atoms with E-state index in [2.05, 4.69) is 10.9 Å². The Bertz CT molecular complexity index is 837. The van der Waals surface area contributed by atoms with E-state index in [1.54, 1.807) is 0 Å². The highest BCUT2D eigenvalue weighted by Gasteiger charge is 2.52. The van der Waals surface area contributed by atoms with Crippen molar-refractivity contribution in [2.24, 2.45) is 5.92 Å². The fourth-order valence-electron chi connectivity index (χ4n) is 4.05. The first-order chi connectivity index (χ1) is 11.6. The van der Waals surface area contributed by atoms with E-state index in [9.17, 15) is 4.79 Å². The molecular formula is C19H22N2O3. The summed E-state index contributed by atoms with van der Waals surface area (Å²) in [7, 11) is 0. The molecule has 0 aromatic carbocycles. The highest BCUT2D eigenvalue weighted by atomic mass is 16.5. The summed E-state index contributed by atoms with van der Waals surface area (Å²) in [6, 6.07) is 0. The van der Waals surface area contributed by atoms with Gasteiger partial charge in [0.15, 0.2) is 0 Å². The summed E-state index contributed by atoms with van der Waals surface area (Å²) >= 11 is 0. The second-order valence-electron chi connectivity index (χ2n) is 7.59. The molecule has 3 aliphatic carbocycles. The van der Waals surface area contributed by atoms with Crippen LogP contribution < -0.4 is 0 Å². The maximum Gasteiger partial charge on any atom is 0.374 e. The van der Waals surface area contributed by atoms with Gasteiger partial charge in [0.25, 0.3) is 0 Å². The number of ether oxygens (including phenoxy) is 1. The van der Waals surface area contributed by atoms with Crippen molar-refractivity contribution in [1.82, 2.24) is 9.78 Å². The molecule has 2 fully saturated rings.